The predicted octanol–water partition coefficient (Wildman–Crippen LogP) is 3.66. The first-order valence-corrected chi connectivity index (χ1v) is 10.5. The minimum Gasteiger partial charge on any atom is -0.248 e. The summed E-state index contributed by atoms with van der Waals surface area (Å²) in [5.74, 6) is -0.0184. The summed E-state index contributed by atoms with van der Waals surface area (Å²) in [5.41, 5.74) is 3.24. The largest absolute Gasteiger partial charge is 0.248 e. The van der Waals surface area contributed by atoms with E-state index in [0.717, 1.165) is 21.9 Å². The predicted molar refractivity (Wildman–Crippen MR) is 102 cm³/mol. The fourth-order valence-corrected chi connectivity index (χ4v) is 4.51. The Morgan fingerprint density at radius 2 is 1.72 bits per heavy atom. The lowest BCUT2D eigenvalue weighted by molar-refractivity contribution is 0.580. The Balaban J connectivity index is 1.57. The van der Waals surface area contributed by atoms with E-state index < -0.39 is 10.0 Å². The topological polar surface area (TPSA) is 59.1 Å². The van der Waals surface area contributed by atoms with Crippen molar-refractivity contribution in [3.8, 4) is 0 Å². The van der Waals surface area contributed by atoms with Crippen molar-refractivity contribution in [2.45, 2.75) is 25.6 Å². The van der Waals surface area contributed by atoms with Crippen LogP contribution in [0.25, 0.3) is 0 Å². The normalized spacial score (nSPS) is 11.6. The number of hydrogen-bond acceptors (Lipinski definition) is 4. The molecule has 6 heteroatoms. The molecule has 130 valence electrons. The summed E-state index contributed by atoms with van der Waals surface area (Å²) in [7, 11) is -3.37. The van der Waals surface area contributed by atoms with Gasteiger partial charge in [-0.3, -0.25) is 0 Å². The molecule has 1 N–H and O–H groups in total. The van der Waals surface area contributed by atoms with Crippen LogP contribution in [-0.2, 0) is 28.7 Å². The number of aryl methyl sites for hydroxylation is 1. The standard InChI is InChI=1S/C19H20N2O2S2/c1-15-7-9-16(10-8-15)11-18-12-20-19(24-18)13-21-25(22,23)14-17-5-3-2-4-6-17/h2-10,12,21H,11,13-14H2,1H3. The average molecular weight is 373 g/mol. The second kappa shape index (κ2) is 7.91. The molecule has 0 aliphatic rings. The van der Waals surface area contributed by atoms with Crippen molar-refractivity contribution in [2.24, 2.45) is 0 Å². The third-order valence-corrected chi connectivity index (χ3v) is 6.04. The Bertz CT molecular complexity index is 918. The molecule has 0 saturated heterocycles. The SMILES string of the molecule is Cc1ccc(Cc2cnc(CNS(=O)(=O)Cc3ccccc3)s2)cc1. The van der Waals surface area contributed by atoms with Crippen LogP contribution in [0.3, 0.4) is 0 Å². The molecular formula is C19H20N2O2S2. The first-order chi connectivity index (χ1) is 12.0. The summed E-state index contributed by atoms with van der Waals surface area (Å²) in [6.07, 6.45) is 2.64. The molecule has 1 heterocycles. The van der Waals surface area contributed by atoms with Gasteiger partial charge in [-0.05, 0) is 18.1 Å². The molecule has 4 nitrogen and oxygen atoms in total. The quantitative estimate of drug-likeness (QED) is 0.688. The fraction of sp³-hybridized carbons (Fsp3) is 0.211. The van der Waals surface area contributed by atoms with Crippen molar-refractivity contribution < 1.29 is 8.42 Å². The van der Waals surface area contributed by atoms with Crippen LogP contribution in [0.5, 0.6) is 0 Å². The zero-order valence-electron chi connectivity index (χ0n) is 14.0. The van der Waals surface area contributed by atoms with Crippen LogP contribution in [-0.4, -0.2) is 13.4 Å². The van der Waals surface area contributed by atoms with Crippen LogP contribution in [0.1, 0.15) is 26.6 Å². The van der Waals surface area contributed by atoms with Gasteiger partial charge in [0.2, 0.25) is 10.0 Å². The van der Waals surface area contributed by atoms with Gasteiger partial charge in [0, 0.05) is 17.5 Å². The summed E-state index contributed by atoms with van der Waals surface area (Å²) < 4.78 is 27.0. The van der Waals surface area contributed by atoms with Crippen molar-refractivity contribution in [2.75, 3.05) is 0 Å². The van der Waals surface area contributed by atoms with Crippen LogP contribution < -0.4 is 4.72 Å². The molecule has 2 aromatic carbocycles. The van der Waals surface area contributed by atoms with E-state index in [1.165, 1.54) is 11.1 Å². The van der Waals surface area contributed by atoms with Crippen molar-refractivity contribution in [1.29, 1.82) is 0 Å². The van der Waals surface area contributed by atoms with Crippen molar-refractivity contribution in [3.63, 3.8) is 0 Å². The van der Waals surface area contributed by atoms with E-state index in [9.17, 15) is 8.42 Å². The molecule has 0 bridgehead atoms. The lowest BCUT2D eigenvalue weighted by Crippen LogP contribution is -2.24. The van der Waals surface area contributed by atoms with Gasteiger partial charge in [-0.15, -0.1) is 11.3 Å². The van der Waals surface area contributed by atoms with E-state index in [0.29, 0.717) is 0 Å². The number of rotatable bonds is 7. The third-order valence-electron chi connectivity index (χ3n) is 3.74. The summed E-state index contributed by atoms with van der Waals surface area (Å²) in [6, 6.07) is 17.6. The Labute approximate surface area is 152 Å². The Morgan fingerprint density at radius 1 is 1.00 bits per heavy atom. The lowest BCUT2D eigenvalue weighted by atomic mass is 10.1. The number of sulfonamides is 1. The van der Waals surface area contributed by atoms with E-state index in [1.807, 2.05) is 36.5 Å². The maximum absolute atomic E-state index is 12.2. The van der Waals surface area contributed by atoms with Crippen LogP contribution in [0.15, 0.2) is 60.8 Å². The monoisotopic (exact) mass is 372 g/mol. The fourth-order valence-electron chi connectivity index (χ4n) is 2.43. The zero-order chi connectivity index (χ0) is 17.7. The molecule has 0 radical (unpaired) electrons. The molecule has 0 aliphatic heterocycles. The van der Waals surface area contributed by atoms with E-state index in [-0.39, 0.29) is 12.3 Å². The molecule has 0 fully saturated rings. The van der Waals surface area contributed by atoms with E-state index in [1.54, 1.807) is 11.3 Å². The molecular weight excluding hydrogens is 352 g/mol. The summed E-state index contributed by atoms with van der Waals surface area (Å²) in [5, 5.41) is 0.777. The molecule has 0 amide bonds. The van der Waals surface area contributed by atoms with E-state index in [2.05, 4.69) is 40.9 Å². The Morgan fingerprint density at radius 3 is 2.44 bits per heavy atom. The molecule has 0 unspecified atom stereocenters. The molecule has 0 saturated carbocycles. The van der Waals surface area contributed by atoms with Gasteiger partial charge in [-0.1, -0.05) is 60.2 Å². The van der Waals surface area contributed by atoms with Gasteiger partial charge < -0.3 is 0 Å². The number of thiazole rings is 1. The van der Waals surface area contributed by atoms with Crippen molar-refractivity contribution >= 4 is 21.4 Å². The number of benzene rings is 2. The molecule has 25 heavy (non-hydrogen) atoms. The van der Waals surface area contributed by atoms with Crippen LogP contribution in [0, 0.1) is 6.92 Å². The highest BCUT2D eigenvalue weighted by molar-refractivity contribution is 7.88. The maximum Gasteiger partial charge on any atom is 0.216 e. The number of nitrogens with one attached hydrogen (secondary N) is 1. The highest BCUT2D eigenvalue weighted by atomic mass is 32.2. The van der Waals surface area contributed by atoms with Gasteiger partial charge in [-0.2, -0.15) is 0 Å². The lowest BCUT2D eigenvalue weighted by Gasteiger charge is -2.05. The Hall–Kier alpha value is -2.02. The van der Waals surface area contributed by atoms with Gasteiger partial charge in [-0.25, -0.2) is 18.1 Å². The molecule has 0 spiro atoms. The molecule has 0 aliphatic carbocycles. The maximum atomic E-state index is 12.2. The van der Waals surface area contributed by atoms with Gasteiger partial charge >= 0.3 is 0 Å². The zero-order valence-corrected chi connectivity index (χ0v) is 15.6. The first kappa shape index (κ1) is 17.8. The minimum atomic E-state index is -3.37. The minimum absolute atomic E-state index is 0.0184. The number of aromatic nitrogens is 1. The Kier molecular flexibility index (Phi) is 5.63. The smallest absolute Gasteiger partial charge is 0.216 e. The van der Waals surface area contributed by atoms with Gasteiger partial charge in [0.05, 0.1) is 12.3 Å². The van der Waals surface area contributed by atoms with E-state index in [4.69, 9.17) is 0 Å². The summed E-state index contributed by atoms with van der Waals surface area (Å²) in [6.45, 7) is 2.30. The molecule has 3 rings (SSSR count). The van der Waals surface area contributed by atoms with E-state index >= 15 is 0 Å². The van der Waals surface area contributed by atoms with Crippen LogP contribution in [0.2, 0.25) is 0 Å². The summed E-state index contributed by atoms with van der Waals surface area (Å²) >= 11 is 1.54. The van der Waals surface area contributed by atoms with Crippen LogP contribution >= 0.6 is 11.3 Å². The van der Waals surface area contributed by atoms with Crippen molar-refractivity contribution in [1.82, 2.24) is 9.71 Å². The second-order valence-corrected chi connectivity index (χ2v) is 8.96. The average Bonchev–Trinajstić information content (AvgIpc) is 3.03. The highest BCUT2D eigenvalue weighted by Crippen LogP contribution is 2.18. The highest BCUT2D eigenvalue weighted by Gasteiger charge is 2.12. The second-order valence-electron chi connectivity index (χ2n) is 5.95. The first-order valence-electron chi connectivity index (χ1n) is 8.00. The third kappa shape index (κ3) is 5.49. The molecule has 3 aromatic rings. The van der Waals surface area contributed by atoms with Gasteiger partial charge in [0.15, 0.2) is 0 Å². The summed E-state index contributed by atoms with van der Waals surface area (Å²) in [4.78, 5) is 5.46. The number of hydrogen-bond donors (Lipinski definition) is 1. The number of nitrogens with zero attached hydrogens (tertiary/aromatic N) is 1. The van der Waals surface area contributed by atoms with Crippen molar-refractivity contribution in [3.05, 3.63) is 87.4 Å². The molecule has 1 aromatic heterocycles. The molecule has 0 atom stereocenters. The van der Waals surface area contributed by atoms with Gasteiger partial charge in [0.25, 0.3) is 0 Å². The van der Waals surface area contributed by atoms with Gasteiger partial charge in [0.1, 0.15) is 5.01 Å². The van der Waals surface area contributed by atoms with Crippen LogP contribution in [0.4, 0.5) is 0 Å².